The third kappa shape index (κ3) is 4.76. The minimum Gasteiger partial charge on any atom is -0.744 e. The Morgan fingerprint density at radius 3 is 2.25 bits per heavy atom. The smallest absolute Gasteiger partial charge is 0.240 e. The van der Waals surface area contributed by atoms with Crippen molar-refractivity contribution in [3.63, 3.8) is 0 Å². The third-order valence-corrected chi connectivity index (χ3v) is 6.93. The highest BCUT2D eigenvalue weighted by Crippen LogP contribution is 2.29. The van der Waals surface area contributed by atoms with E-state index in [1.807, 2.05) is 18.2 Å². The first kappa shape index (κ1) is 22.2. The zero-order valence-corrected chi connectivity index (χ0v) is 19.5. The molecule has 0 fully saturated rings. The van der Waals surface area contributed by atoms with Crippen LogP contribution in [-0.4, -0.2) is 36.5 Å². The number of hydrogen-bond acceptors (Lipinski definition) is 4. The number of aryl methyl sites for hydroxylation is 3. The first-order chi connectivity index (χ1) is 15.2. The van der Waals surface area contributed by atoms with Crippen LogP contribution < -0.4 is 4.90 Å². The molecule has 0 unspecified atom stereocenters. The fourth-order valence-corrected chi connectivity index (χ4v) is 5.44. The van der Waals surface area contributed by atoms with Crippen LogP contribution in [-0.2, 0) is 23.1 Å². The van der Waals surface area contributed by atoms with Gasteiger partial charge in [-0.25, -0.2) is 13.3 Å². The highest BCUT2D eigenvalue weighted by molar-refractivity contribution is 7.85. The average molecular weight is 449 g/mol. The van der Waals surface area contributed by atoms with Crippen molar-refractivity contribution in [2.24, 2.45) is 0 Å². The largest absolute Gasteiger partial charge is 0.744 e. The lowest BCUT2D eigenvalue weighted by atomic mass is 10.0. The van der Waals surface area contributed by atoms with Crippen LogP contribution in [0.25, 0.3) is 0 Å². The number of benzene rings is 3. The molecule has 1 atom stereocenters. The minimum atomic E-state index is -4.54. The molecule has 0 aliphatic carbocycles. The topological polar surface area (TPSA) is 63.5 Å². The zero-order chi connectivity index (χ0) is 22.9. The summed E-state index contributed by atoms with van der Waals surface area (Å²) in [5.74, 6) is 0. The molecule has 166 valence electrons. The molecule has 32 heavy (non-hydrogen) atoms. The summed E-state index contributed by atoms with van der Waals surface area (Å²) in [6, 6.07) is 21.3. The van der Waals surface area contributed by atoms with Crippen molar-refractivity contribution in [3.8, 4) is 0 Å². The zero-order valence-electron chi connectivity index (χ0n) is 18.7. The number of anilines is 1. The fraction of sp³-hybridized carbons (Fsp3) is 0.269. The standard InChI is InChI=1S/C26H28N2O3S/c1-19-13-20(2)26(21(3)14-19)28-17-24(15-22-9-5-4-6-10-22)27(18-28)16-23-11-7-8-12-25(23)32(29,30)31/h4-14,18,24H,15-17H2,1-3H3/t24-/m0/s1. The monoisotopic (exact) mass is 448 g/mol. The highest BCUT2D eigenvalue weighted by atomic mass is 32.2. The van der Waals surface area contributed by atoms with Crippen LogP contribution in [0.15, 0.2) is 71.6 Å². The van der Waals surface area contributed by atoms with Crippen LogP contribution in [0.3, 0.4) is 0 Å². The number of rotatable bonds is 6. The van der Waals surface area contributed by atoms with E-state index in [4.69, 9.17) is 0 Å². The summed E-state index contributed by atoms with van der Waals surface area (Å²) < 4.78 is 37.6. The SMILES string of the molecule is Cc1cc(C)c(N2C=[N+](Cc3ccccc3S(=O)(=O)[O-])[C@@H](Cc3ccccc3)C2)c(C)c1. The summed E-state index contributed by atoms with van der Waals surface area (Å²) in [5, 5.41) is 0. The maximum Gasteiger partial charge on any atom is 0.240 e. The van der Waals surface area contributed by atoms with Crippen molar-refractivity contribution >= 4 is 22.1 Å². The van der Waals surface area contributed by atoms with Crippen molar-refractivity contribution in [2.75, 3.05) is 11.4 Å². The maximum absolute atomic E-state index is 11.8. The molecule has 3 aromatic carbocycles. The molecule has 1 heterocycles. The van der Waals surface area contributed by atoms with Gasteiger partial charge >= 0.3 is 0 Å². The molecule has 5 nitrogen and oxygen atoms in total. The molecular formula is C26H28N2O3S. The lowest BCUT2D eigenvalue weighted by Crippen LogP contribution is -2.29. The Balaban J connectivity index is 1.73. The van der Waals surface area contributed by atoms with Crippen LogP contribution >= 0.6 is 0 Å². The van der Waals surface area contributed by atoms with E-state index in [2.05, 4.69) is 60.9 Å². The summed E-state index contributed by atoms with van der Waals surface area (Å²) in [7, 11) is -4.54. The molecule has 0 spiro atoms. The van der Waals surface area contributed by atoms with Gasteiger partial charge in [-0.2, -0.15) is 0 Å². The van der Waals surface area contributed by atoms with Crippen LogP contribution in [0.5, 0.6) is 0 Å². The fourth-order valence-electron chi connectivity index (χ4n) is 4.74. The van der Waals surface area contributed by atoms with Crippen LogP contribution in [0.4, 0.5) is 5.69 Å². The van der Waals surface area contributed by atoms with Crippen LogP contribution in [0.2, 0.25) is 0 Å². The van der Waals surface area contributed by atoms with E-state index in [9.17, 15) is 13.0 Å². The van der Waals surface area contributed by atoms with Gasteiger partial charge in [0.25, 0.3) is 0 Å². The van der Waals surface area contributed by atoms with E-state index in [1.54, 1.807) is 18.2 Å². The predicted octanol–water partition coefficient (Wildman–Crippen LogP) is 4.19. The number of nitrogens with zero attached hydrogens (tertiary/aromatic N) is 2. The van der Waals surface area contributed by atoms with E-state index in [-0.39, 0.29) is 10.9 Å². The van der Waals surface area contributed by atoms with Crippen molar-refractivity contribution in [2.45, 2.75) is 44.7 Å². The van der Waals surface area contributed by atoms with Crippen molar-refractivity contribution < 1.29 is 17.5 Å². The van der Waals surface area contributed by atoms with Gasteiger partial charge in [0.1, 0.15) is 34.9 Å². The molecule has 3 aromatic rings. The Morgan fingerprint density at radius 1 is 0.969 bits per heavy atom. The second-order valence-electron chi connectivity index (χ2n) is 8.59. The first-order valence-corrected chi connectivity index (χ1v) is 12.2. The van der Waals surface area contributed by atoms with E-state index in [0.717, 1.165) is 13.0 Å². The molecule has 0 aromatic heterocycles. The Kier molecular flexibility index (Phi) is 6.17. The minimum absolute atomic E-state index is 0.139. The summed E-state index contributed by atoms with van der Waals surface area (Å²) >= 11 is 0. The molecule has 0 N–H and O–H groups in total. The lowest BCUT2D eigenvalue weighted by Gasteiger charge is -2.17. The normalized spacial score (nSPS) is 16.3. The third-order valence-electron chi connectivity index (χ3n) is 6.00. The highest BCUT2D eigenvalue weighted by Gasteiger charge is 2.34. The van der Waals surface area contributed by atoms with Gasteiger partial charge < -0.3 is 4.55 Å². The van der Waals surface area contributed by atoms with E-state index < -0.39 is 10.1 Å². The summed E-state index contributed by atoms with van der Waals surface area (Å²) in [6.45, 7) is 7.48. The summed E-state index contributed by atoms with van der Waals surface area (Å²) in [6.07, 6.45) is 2.90. The van der Waals surface area contributed by atoms with Crippen molar-refractivity contribution in [1.29, 1.82) is 0 Å². The van der Waals surface area contributed by atoms with E-state index >= 15 is 0 Å². The quantitative estimate of drug-likeness (QED) is 0.419. The molecule has 1 aliphatic heterocycles. The second-order valence-corrected chi connectivity index (χ2v) is 9.94. The Hall–Kier alpha value is -2.96. The van der Waals surface area contributed by atoms with Crippen molar-refractivity contribution in [1.82, 2.24) is 0 Å². The maximum atomic E-state index is 11.8. The van der Waals surface area contributed by atoms with Gasteiger partial charge in [-0.1, -0.05) is 66.2 Å². The van der Waals surface area contributed by atoms with Gasteiger partial charge in [-0.3, -0.25) is 4.58 Å². The predicted molar refractivity (Wildman–Crippen MR) is 126 cm³/mol. The van der Waals surface area contributed by atoms with Gasteiger partial charge in [-0.05, 0) is 43.5 Å². The van der Waals surface area contributed by atoms with Crippen LogP contribution in [0.1, 0.15) is 27.8 Å². The van der Waals surface area contributed by atoms with Gasteiger partial charge in [0, 0.05) is 12.0 Å². The van der Waals surface area contributed by atoms with Gasteiger partial charge in [0.05, 0.1) is 4.90 Å². The van der Waals surface area contributed by atoms with Gasteiger partial charge in [0.2, 0.25) is 6.34 Å². The Labute approximate surface area is 190 Å². The van der Waals surface area contributed by atoms with Gasteiger partial charge in [-0.15, -0.1) is 0 Å². The van der Waals surface area contributed by atoms with Gasteiger partial charge in [0.15, 0.2) is 0 Å². The molecule has 0 saturated carbocycles. The van der Waals surface area contributed by atoms with E-state index in [1.165, 1.54) is 34.0 Å². The molecule has 0 amide bonds. The second kappa shape index (κ2) is 8.88. The molecule has 6 heteroatoms. The Morgan fingerprint density at radius 2 is 1.59 bits per heavy atom. The molecular weight excluding hydrogens is 420 g/mol. The van der Waals surface area contributed by atoms with Crippen LogP contribution in [0, 0.1) is 20.8 Å². The molecule has 1 aliphatic rings. The first-order valence-electron chi connectivity index (χ1n) is 10.8. The lowest BCUT2D eigenvalue weighted by molar-refractivity contribution is -0.567. The summed E-state index contributed by atoms with van der Waals surface area (Å²) in [5.41, 5.74) is 6.58. The van der Waals surface area contributed by atoms with E-state index in [0.29, 0.717) is 12.1 Å². The molecule has 0 bridgehead atoms. The summed E-state index contributed by atoms with van der Waals surface area (Å²) in [4.78, 5) is 2.11. The van der Waals surface area contributed by atoms with Crippen molar-refractivity contribution in [3.05, 3.63) is 94.5 Å². The molecule has 4 rings (SSSR count). The Bertz CT molecular complexity index is 1240. The number of hydrogen-bond donors (Lipinski definition) is 0. The molecule has 0 radical (unpaired) electrons. The molecule has 0 saturated heterocycles. The average Bonchev–Trinajstić information content (AvgIpc) is 3.09.